The van der Waals surface area contributed by atoms with Crippen LogP contribution in [0.5, 0.6) is 11.5 Å². The molecule has 0 amide bonds. The Hall–Kier alpha value is -2.90. The summed E-state index contributed by atoms with van der Waals surface area (Å²) in [6.45, 7) is 10.0. The van der Waals surface area contributed by atoms with Gasteiger partial charge >= 0.3 is 0 Å². The number of piperazine rings is 1. The van der Waals surface area contributed by atoms with Gasteiger partial charge in [-0.1, -0.05) is 17.7 Å². The number of ether oxygens (including phenoxy) is 2. The van der Waals surface area contributed by atoms with E-state index in [4.69, 9.17) is 13.9 Å². The molecule has 7 nitrogen and oxygen atoms in total. The molecule has 0 aliphatic carbocycles. The van der Waals surface area contributed by atoms with Gasteiger partial charge in [0.1, 0.15) is 32.7 Å². The second-order valence-corrected chi connectivity index (χ2v) is 8.31. The lowest BCUT2D eigenvalue weighted by Crippen LogP contribution is -3.27. The van der Waals surface area contributed by atoms with Crippen LogP contribution in [0.15, 0.2) is 46.9 Å². The van der Waals surface area contributed by atoms with E-state index in [1.165, 1.54) is 16.0 Å². The van der Waals surface area contributed by atoms with Crippen molar-refractivity contribution in [1.82, 2.24) is 10.2 Å². The third-order valence-corrected chi connectivity index (χ3v) is 6.18. The maximum Gasteiger partial charge on any atom is 0.274 e. The SMILES string of the molecule is Cc1cccc(-c2nnc([C@H](C)[NH+]3CC[NH+](Cc4ccc5c(c4)OCO5)CC3)o2)c1. The van der Waals surface area contributed by atoms with Crippen molar-refractivity contribution in [3.8, 4) is 23.0 Å². The fraction of sp³-hybridized carbons (Fsp3) is 0.391. The minimum Gasteiger partial charge on any atom is -0.454 e. The van der Waals surface area contributed by atoms with Crippen LogP contribution in [0.25, 0.3) is 11.5 Å². The zero-order valence-electron chi connectivity index (χ0n) is 17.5. The molecule has 1 aromatic heterocycles. The van der Waals surface area contributed by atoms with Gasteiger partial charge in [-0.3, -0.25) is 0 Å². The van der Waals surface area contributed by atoms with Crippen molar-refractivity contribution in [2.75, 3.05) is 33.0 Å². The molecule has 1 atom stereocenters. The van der Waals surface area contributed by atoms with E-state index in [1.807, 2.05) is 18.2 Å². The van der Waals surface area contributed by atoms with Crippen LogP contribution < -0.4 is 19.3 Å². The fourth-order valence-electron chi connectivity index (χ4n) is 4.35. The molecule has 0 radical (unpaired) electrons. The summed E-state index contributed by atoms with van der Waals surface area (Å²) in [4.78, 5) is 3.10. The van der Waals surface area contributed by atoms with Gasteiger partial charge in [-0.15, -0.1) is 10.2 Å². The Labute approximate surface area is 176 Å². The van der Waals surface area contributed by atoms with Crippen LogP contribution in [0.1, 0.15) is 30.0 Å². The van der Waals surface area contributed by atoms with Gasteiger partial charge in [-0.25, -0.2) is 0 Å². The summed E-state index contributed by atoms with van der Waals surface area (Å²) in [5.41, 5.74) is 3.46. The molecule has 1 saturated heterocycles. The third kappa shape index (κ3) is 3.91. The first-order valence-electron chi connectivity index (χ1n) is 10.6. The quantitative estimate of drug-likeness (QED) is 0.654. The summed E-state index contributed by atoms with van der Waals surface area (Å²) in [5, 5.41) is 8.63. The summed E-state index contributed by atoms with van der Waals surface area (Å²) < 4.78 is 16.9. The number of fused-ring (bicyclic) bond motifs is 1. The minimum absolute atomic E-state index is 0.197. The summed E-state index contributed by atoms with van der Waals surface area (Å²) in [5.74, 6) is 3.04. The Balaban J connectivity index is 1.18. The predicted octanol–water partition coefficient (Wildman–Crippen LogP) is 0.818. The van der Waals surface area contributed by atoms with Gasteiger partial charge in [-0.05, 0) is 44.2 Å². The van der Waals surface area contributed by atoms with Crippen molar-refractivity contribution in [3.05, 3.63) is 59.5 Å². The Morgan fingerprint density at radius 3 is 2.63 bits per heavy atom. The van der Waals surface area contributed by atoms with Crippen molar-refractivity contribution < 1.29 is 23.7 Å². The minimum atomic E-state index is 0.197. The number of hydrogen-bond donors (Lipinski definition) is 2. The summed E-state index contributed by atoms with van der Waals surface area (Å²) in [7, 11) is 0. The Morgan fingerprint density at radius 1 is 0.967 bits per heavy atom. The average Bonchev–Trinajstić information content (AvgIpc) is 3.43. The summed E-state index contributed by atoms with van der Waals surface area (Å²) in [6.07, 6.45) is 0. The van der Waals surface area contributed by atoms with Crippen LogP contribution in [-0.4, -0.2) is 43.2 Å². The molecule has 2 aliphatic heterocycles. The molecule has 2 aromatic carbocycles. The molecule has 7 heteroatoms. The van der Waals surface area contributed by atoms with Gasteiger partial charge in [0.2, 0.25) is 12.7 Å². The highest BCUT2D eigenvalue weighted by molar-refractivity contribution is 5.53. The number of rotatable bonds is 5. The lowest BCUT2D eigenvalue weighted by atomic mass is 10.1. The van der Waals surface area contributed by atoms with E-state index in [9.17, 15) is 0 Å². The maximum absolute atomic E-state index is 6.03. The number of aromatic nitrogens is 2. The first-order chi connectivity index (χ1) is 14.7. The molecule has 0 unspecified atom stereocenters. The van der Waals surface area contributed by atoms with Crippen LogP contribution in [-0.2, 0) is 6.54 Å². The molecule has 0 spiro atoms. The van der Waals surface area contributed by atoms with Crippen LogP contribution in [0, 0.1) is 6.92 Å². The van der Waals surface area contributed by atoms with Crippen molar-refractivity contribution in [2.24, 2.45) is 0 Å². The van der Waals surface area contributed by atoms with Crippen molar-refractivity contribution >= 4 is 0 Å². The largest absolute Gasteiger partial charge is 0.454 e. The zero-order chi connectivity index (χ0) is 20.5. The molecule has 30 heavy (non-hydrogen) atoms. The monoisotopic (exact) mass is 408 g/mol. The van der Waals surface area contributed by atoms with Gasteiger partial charge in [0, 0.05) is 11.1 Å². The predicted molar refractivity (Wildman–Crippen MR) is 111 cm³/mol. The van der Waals surface area contributed by atoms with Crippen molar-refractivity contribution in [3.63, 3.8) is 0 Å². The van der Waals surface area contributed by atoms with Crippen LogP contribution in [0.4, 0.5) is 0 Å². The van der Waals surface area contributed by atoms with Gasteiger partial charge in [0.05, 0.1) is 0 Å². The van der Waals surface area contributed by atoms with Gasteiger partial charge in [0.25, 0.3) is 5.89 Å². The number of nitrogens with one attached hydrogen (secondary N) is 2. The zero-order valence-corrected chi connectivity index (χ0v) is 17.5. The molecule has 2 aliphatic rings. The highest BCUT2D eigenvalue weighted by Gasteiger charge is 2.31. The average molecular weight is 409 g/mol. The fourth-order valence-corrected chi connectivity index (χ4v) is 4.35. The lowest BCUT2D eigenvalue weighted by molar-refractivity contribution is -1.03. The number of benzene rings is 2. The van der Waals surface area contributed by atoms with Crippen LogP contribution in [0.3, 0.4) is 0 Å². The van der Waals surface area contributed by atoms with E-state index < -0.39 is 0 Å². The van der Waals surface area contributed by atoms with E-state index in [-0.39, 0.29) is 6.04 Å². The standard InChI is InChI=1S/C23H26N4O3/c1-16-4-3-5-19(12-16)23-25-24-22(30-23)17(2)27-10-8-26(9-11-27)14-18-6-7-20-21(13-18)29-15-28-20/h3-7,12-13,17H,8-11,14-15H2,1-2H3/p+2/t17-/m0/s1. The lowest BCUT2D eigenvalue weighted by Gasteiger charge is -2.32. The number of nitrogens with zero attached hydrogens (tertiary/aromatic N) is 2. The maximum atomic E-state index is 6.03. The Bertz CT molecular complexity index is 1030. The first-order valence-corrected chi connectivity index (χ1v) is 10.6. The number of quaternary nitrogens is 2. The normalized spacial score (nSPS) is 21.5. The molecule has 3 heterocycles. The van der Waals surface area contributed by atoms with Crippen LogP contribution in [0.2, 0.25) is 0 Å². The first kappa shape index (κ1) is 19.1. The van der Waals surface area contributed by atoms with E-state index in [1.54, 1.807) is 4.90 Å². The van der Waals surface area contributed by atoms with Crippen molar-refractivity contribution in [2.45, 2.75) is 26.4 Å². The molecule has 3 aromatic rings. The topological polar surface area (TPSA) is 66.3 Å². The highest BCUT2D eigenvalue weighted by Crippen LogP contribution is 2.32. The van der Waals surface area contributed by atoms with Gasteiger partial charge in [-0.2, -0.15) is 0 Å². The molecule has 5 rings (SSSR count). The smallest absolute Gasteiger partial charge is 0.274 e. The van der Waals surface area contributed by atoms with Crippen LogP contribution >= 0.6 is 0 Å². The molecule has 1 fully saturated rings. The van der Waals surface area contributed by atoms with E-state index in [0.29, 0.717) is 12.7 Å². The van der Waals surface area contributed by atoms with Gasteiger partial charge < -0.3 is 23.7 Å². The van der Waals surface area contributed by atoms with E-state index >= 15 is 0 Å². The van der Waals surface area contributed by atoms with E-state index in [2.05, 4.69) is 48.3 Å². The summed E-state index contributed by atoms with van der Waals surface area (Å²) in [6, 6.07) is 14.7. The van der Waals surface area contributed by atoms with Gasteiger partial charge in [0.15, 0.2) is 17.5 Å². The second-order valence-electron chi connectivity index (χ2n) is 8.31. The second kappa shape index (κ2) is 8.08. The third-order valence-electron chi connectivity index (χ3n) is 6.18. The van der Waals surface area contributed by atoms with Crippen molar-refractivity contribution in [1.29, 1.82) is 0 Å². The Morgan fingerprint density at radius 2 is 1.80 bits per heavy atom. The Kier molecular flexibility index (Phi) is 5.14. The molecule has 2 N–H and O–H groups in total. The number of hydrogen-bond acceptors (Lipinski definition) is 5. The molecular weight excluding hydrogens is 380 g/mol. The molecular formula is C23H28N4O3+2. The summed E-state index contributed by atoms with van der Waals surface area (Å²) >= 11 is 0. The molecule has 156 valence electrons. The highest BCUT2D eigenvalue weighted by atomic mass is 16.7. The molecule has 0 saturated carbocycles. The number of aryl methyl sites for hydroxylation is 1. The van der Waals surface area contributed by atoms with E-state index in [0.717, 1.165) is 55.7 Å². The molecule has 0 bridgehead atoms.